The predicted molar refractivity (Wildman–Crippen MR) is 348 cm³/mol. The average Bonchev–Trinajstić information content (AvgIpc) is 1.23. The highest BCUT2D eigenvalue weighted by Crippen LogP contribution is 2.23. The molecule has 5 aromatic rings. The Bertz CT molecular complexity index is 3240. The molecule has 1 aliphatic rings. The van der Waals surface area contributed by atoms with Crippen molar-refractivity contribution in [3.05, 3.63) is 144 Å². The van der Waals surface area contributed by atoms with Crippen molar-refractivity contribution in [1.29, 1.82) is 0 Å². The molecule has 1 saturated heterocycles. The number of aliphatic hydroxyl groups excluding tert-OH is 1. The monoisotopic (exact) mass is 1270 g/mol. The number of phenols is 1. The zero-order chi connectivity index (χ0) is 66.7. The SMILES string of the molecule is CCNC(=O)[C@@H]1CCCN1C(=O)[C@H](CCCCNC(C)C)NC(=O)[C@H](CC(C)C)NC(=O)[C@@H](CCCCNC(=O)c1cccnc1)NC(=O)[C@H](Cc1ccc(O)cc1)N(C)C(=O)[C@H](CO)NC(=O)[C@@H](Cc1cccc2ccccc12)NC(=O)CCc1ccc(F)cc1. The number of aromatic hydroxyl groups is 1. The van der Waals surface area contributed by atoms with Gasteiger partial charge >= 0.3 is 0 Å². The number of hydrogen-bond acceptors (Lipinski definition) is 13. The van der Waals surface area contributed by atoms with E-state index < -0.39 is 96.1 Å². The Kier molecular flexibility index (Phi) is 29.0. The molecule has 0 saturated carbocycles. The summed E-state index contributed by atoms with van der Waals surface area (Å²) in [7, 11) is 1.30. The number of benzene rings is 4. The largest absolute Gasteiger partial charge is 0.508 e. The Hall–Kier alpha value is -8.83. The minimum Gasteiger partial charge on any atom is -0.508 e. The van der Waals surface area contributed by atoms with Crippen molar-refractivity contribution in [2.24, 2.45) is 5.92 Å². The van der Waals surface area contributed by atoms with Gasteiger partial charge in [-0.05, 0) is 147 Å². The number of rotatable bonds is 36. The first-order chi connectivity index (χ1) is 44.1. The van der Waals surface area contributed by atoms with E-state index in [1.165, 1.54) is 48.6 Å². The molecule has 7 atom stereocenters. The first-order valence-corrected chi connectivity index (χ1v) is 32.0. The lowest BCUT2D eigenvalue weighted by atomic mass is 9.97. The average molecular weight is 1270 g/mol. The number of likely N-dealkylation sites (tertiary alicyclic amines) is 1. The Morgan fingerprint density at radius 3 is 2.00 bits per heavy atom. The van der Waals surface area contributed by atoms with Gasteiger partial charge in [-0.3, -0.25) is 48.1 Å². The molecule has 0 spiro atoms. The predicted octanol–water partition coefficient (Wildman–Crippen LogP) is 4.68. The minimum atomic E-state index is -1.68. The maximum absolute atomic E-state index is 15.1. The lowest BCUT2D eigenvalue weighted by molar-refractivity contribution is -0.144. The van der Waals surface area contributed by atoms with Gasteiger partial charge in [0.25, 0.3) is 5.91 Å². The topological polar surface area (TPSA) is 310 Å². The first kappa shape index (κ1) is 72.2. The van der Waals surface area contributed by atoms with Gasteiger partial charge in [0, 0.05) is 64.4 Å². The summed E-state index contributed by atoms with van der Waals surface area (Å²) in [5.74, 6) is -6.29. The van der Waals surface area contributed by atoms with E-state index in [2.05, 4.69) is 47.5 Å². The summed E-state index contributed by atoms with van der Waals surface area (Å²) < 4.78 is 13.7. The molecular formula is C69H92FN11O11. The maximum Gasteiger partial charge on any atom is 0.252 e. The second-order valence-corrected chi connectivity index (χ2v) is 24.2. The molecule has 6 rings (SSSR count). The van der Waals surface area contributed by atoms with Gasteiger partial charge in [0.2, 0.25) is 47.3 Å². The quantitative estimate of drug-likeness (QED) is 0.0244. The van der Waals surface area contributed by atoms with Crippen LogP contribution >= 0.6 is 0 Å². The number of amides is 9. The molecule has 1 aromatic heterocycles. The summed E-state index contributed by atoms with van der Waals surface area (Å²) in [5.41, 5.74) is 2.19. The van der Waals surface area contributed by atoms with Gasteiger partial charge in [0.1, 0.15) is 53.9 Å². The number of aromatic nitrogens is 1. The van der Waals surface area contributed by atoms with E-state index in [0.29, 0.717) is 74.0 Å². The summed E-state index contributed by atoms with van der Waals surface area (Å²) in [6.07, 6.45) is 6.07. The molecule has 4 aromatic carbocycles. The van der Waals surface area contributed by atoms with Crippen LogP contribution in [0.15, 0.2) is 116 Å². The van der Waals surface area contributed by atoms with Crippen LogP contribution in [-0.2, 0) is 57.6 Å². The molecule has 0 unspecified atom stereocenters. The lowest BCUT2D eigenvalue weighted by Crippen LogP contribution is -2.61. The van der Waals surface area contributed by atoms with E-state index in [-0.39, 0.29) is 87.4 Å². The van der Waals surface area contributed by atoms with Crippen LogP contribution in [0.4, 0.5) is 4.39 Å². The number of pyridine rings is 1. The normalized spacial score (nSPS) is 14.9. The highest BCUT2D eigenvalue weighted by Gasteiger charge is 2.40. The molecule has 9 amide bonds. The fraction of sp³-hybridized carbons (Fsp3) is 0.478. The first-order valence-electron chi connectivity index (χ1n) is 32.0. The molecule has 0 aliphatic carbocycles. The van der Waals surface area contributed by atoms with Crippen LogP contribution < -0.4 is 42.5 Å². The molecular weight excluding hydrogens is 1180 g/mol. The van der Waals surface area contributed by atoms with E-state index in [9.17, 15) is 53.0 Å². The maximum atomic E-state index is 15.1. The Morgan fingerprint density at radius 1 is 0.674 bits per heavy atom. The zero-order valence-electron chi connectivity index (χ0n) is 53.7. The number of unbranched alkanes of at least 4 members (excludes halogenated alkanes) is 2. The lowest BCUT2D eigenvalue weighted by Gasteiger charge is -2.33. The number of likely N-dealkylation sites (N-methyl/N-ethyl adjacent to an activating group) is 2. The Morgan fingerprint density at radius 2 is 1.32 bits per heavy atom. The second kappa shape index (κ2) is 36.9. The van der Waals surface area contributed by atoms with Crippen LogP contribution in [0.3, 0.4) is 0 Å². The molecule has 92 heavy (non-hydrogen) atoms. The number of hydrogen-bond donors (Lipinski definition) is 10. The van der Waals surface area contributed by atoms with E-state index >= 15 is 4.79 Å². The van der Waals surface area contributed by atoms with Crippen molar-refractivity contribution >= 4 is 63.9 Å². The number of carbonyl (C=O) groups excluding carboxylic acids is 9. The third-order valence-corrected chi connectivity index (χ3v) is 16.2. The molecule has 0 radical (unpaired) electrons. The number of nitrogens with one attached hydrogen (secondary N) is 8. The third-order valence-electron chi connectivity index (χ3n) is 16.2. The summed E-state index contributed by atoms with van der Waals surface area (Å²) in [4.78, 5) is 135. The zero-order valence-corrected chi connectivity index (χ0v) is 53.7. The van der Waals surface area contributed by atoms with Crippen molar-refractivity contribution in [2.75, 3.05) is 39.8 Å². The molecule has 0 bridgehead atoms. The van der Waals surface area contributed by atoms with Crippen molar-refractivity contribution in [3.8, 4) is 5.75 Å². The Balaban J connectivity index is 1.26. The number of nitrogens with zero attached hydrogens (tertiary/aromatic N) is 3. The number of phenolic OH excluding ortho intramolecular Hbond substituents is 1. The van der Waals surface area contributed by atoms with Crippen LogP contribution in [0.5, 0.6) is 5.75 Å². The summed E-state index contributed by atoms with van der Waals surface area (Å²) in [5, 5.41) is 45.9. The molecule has 10 N–H and O–H groups in total. The van der Waals surface area contributed by atoms with Crippen LogP contribution in [-0.4, -0.2) is 166 Å². The molecule has 22 nitrogen and oxygen atoms in total. The number of carbonyl (C=O) groups is 9. The Labute approximate surface area is 538 Å². The minimum absolute atomic E-state index is 0.0308. The fourth-order valence-corrected chi connectivity index (χ4v) is 11.2. The van der Waals surface area contributed by atoms with Crippen LogP contribution in [0, 0.1) is 11.7 Å². The van der Waals surface area contributed by atoms with Gasteiger partial charge in [-0.2, -0.15) is 0 Å². The van der Waals surface area contributed by atoms with Gasteiger partial charge in [-0.25, -0.2) is 4.39 Å². The van der Waals surface area contributed by atoms with Crippen LogP contribution in [0.25, 0.3) is 10.8 Å². The summed E-state index contributed by atoms with van der Waals surface area (Å²) in [6, 6.07) is 19.2. The standard InChI is InChI=1S/C69H92FN11O11/c1-7-72-66(89)59-24-16-38-81(59)69(92)55(23-11-12-36-73-45(4)5)77-64(87)56(39-44(2)3)78-63(86)54(22-10-13-37-74-62(85)50-20-15-35-71-42-50)76-67(90)60(40-47-27-32-52(83)33-28-47)80(6)68(91)58(43-82)79-65(88)57(41-49-19-14-18-48-17-8-9-21-53(48)49)75-61(84)34-29-46-25-30-51(70)31-26-46/h8-9,14-15,17-21,25-28,30-33,35,42,44-45,54-60,73,82-83H,7,10-13,16,22-24,29,34,36-41,43H2,1-6H3,(H,72,89)(H,74,85)(H,75,84)(H,76,90)(H,77,87)(H,78,86)(H,79,88)/t54-,55+,56+,57-,58+,59+,60+/m1/s1. The molecule has 496 valence electrons. The van der Waals surface area contributed by atoms with Gasteiger partial charge in [-0.15, -0.1) is 0 Å². The summed E-state index contributed by atoms with van der Waals surface area (Å²) in [6.45, 7) is 10.2. The van der Waals surface area contributed by atoms with E-state index in [1.807, 2.05) is 70.2 Å². The van der Waals surface area contributed by atoms with Crippen LogP contribution in [0.1, 0.15) is 126 Å². The van der Waals surface area contributed by atoms with Crippen LogP contribution in [0.2, 0.25) is 0 Å². The van der Waals surface area contributed by atoms with Gasteiger partial charge in [0.05, 0.1) is 12.2 Å². The van der Waals surface area contributed by atoms with Gasteiger partial charge < -0.3 is 62.5 Å². The van der Waals surface area contributed by atoms with Gasteiger partial charge in [0.15, 0.2) is 0 Å². The summed E-state index contributed by atoms with van der Waals surface area (Å²) >= 11 is 0. The number of aliphatic hydroxyl groups is 1. The molecule has 2 heterocycles. The van der Waals surface area contributed by atoms with Crippen molar-refractivity contribution < 1.29 is 57.8 Å². The fourth-order valence-electron chi connectivity index (χ4n) is 11.2. The van der Waals surface area contributed by atoms with E-state index in [0.717, 1.165) is 15.7 Å². The number of aryl methyl sites for hydroxylation is 1. The molecule has 1 fully saturated rings. The number of fused-ring (bicyclic) bond motifs is 1. The highest BCUT2D eigenvalue weighted by molar-refractivity contribution is 5.98. The highest BCUT2D eigenvalue weighted by atomic mass is 19.1. The van der Waals surface area contributed by atoms with Crippen molar-refractivity contribution in [1.82, 2.24) is 57.3 Å². The van der Waals surface area contributed by atoms with Crippen molar-refractivity contribution in [2.45, 2.75) is 166 Å². The van der Waals surface area contributed by atoms with E-state index in [4.69, 9.17) is 0 Å². The van der Waals surface area contributed by atoms with Gasteiger partial charge in [-0.1, -0.05) is 94.4 Å². The molecule has 1 aliphatic heterocycles. The number of halogens is 1. The smallest absolute Gasteiger partial charge is 0.252 e. The van der Waals surface area contributed by atoms with Crippen molar-refractivity contribution in [3.63, 3.8) is 0 Å². The third kappa shape index (κ3) is 22.5. The van der Waals surface area contributed by atoms with E-state index in [1.54, 1.807) is 43.3 Å². The molecule has 23 heteroatoms. The second-order valence-electron chi connectivity index (χ2n) is 24.2.